The molecule has 0 radical (unpaired) electrons. The van der Waals surface area contributed by atoms with Crippen molar-refractivity contribution in [3.63, 3.8) is 0 Å². The minimum atomic E-state index is -0.758. The second-order valence-electron chi connectivity index (χ2n) is 17.6. The van der Waals surface area contributed by atoms with E-state index in [1.165, 1.54) is 6.20 Å². The number of benzene rings is 2. The number of nitrogens with one attached hydrogen (secondary N) is 3. The molecule has 4 aliphatic rings. The molecule has 1 aliphatic carbocycles. The van der Waals surface area contributed by atoms with E-state index in [0.29, 0.717) is 22.9 Å². The van der Waals surface area contributed by atoms with Crippen molar-refractivity contribution < 1.29 is 23.9 Å². The molecule has 2 aromatic carbocycles. The maximum Gasteiger partial charge on any atom is 0.272 e. The van der Waals surface area contributed by atoms with Crippen LogP contribution in [0.2, 0.25) is 0 Å². The molecule has 14 heteroatoms. The van der Waals surface area contributed by atoms with Gasteiger partial charge in [0, 0.05) is 80.4 Å². The fraction of sp³-hybridized carbons (Fsp3) is 0.523. The monoisotopic (exact) mass is 789 g/mol. The Bertz CT molecular complexity index is 2040. The minimum absolute atomic E-state index is 0.0847. The first-order valence-electron chi connectivity index (χ1n) is 20.4. The Kier molecular flexibility index (Phi) is 11.5. The van der Waals surface area contributed by atoms with Gasteiger partial charge in [0.15, 0.2) is 0 Å². The fourth-order valence-corrected chi connectivity index (χ4v) is 9.71. The molecule has 4 heterocycles. The van der Waals surface area contributed by atoms with E-state index in [4.69, 9.17) is 4.74 Å². The Labute approximate surface area is 340 Å². The normalized spacial score (nSPS) is 23.3. The van der Waals surface area contributed by atoms with Gasteiger partial charge < -0.3 is 25.2 Å². The molecule has 0 spiro atoms. The molecule has 14 nitrogen and oxygen atoms in total. The third-order valence-corrected chi connectivity index (χ3v) is 12.7. The van der Waals surface area contributed by atoms with Gasteiger partial charge in [-0.05, 0) is 86.6 Å². The van der Waals surface area contributed by atoms with Crippen LogP contribution in [-0.2, 0) is 9.59 Å². The number of aryl methyl sites for hydroxylation is 2. The van der Waals surface area contributed by atoms with Crippen LogP contribution in [0.25, 0.3) is 0 Å². The lowest BCUT2D eigenvalue weighted by molar-refractivity contribution is -0.164. The number of amides is 4. The highest BCUT2D eigenvalue weighted by molar-refractivity contribution is 6.03. The summed E-state index contributed by atoms with van der Waals surface area (Å²) >= 11 is 0. The van der Waals surface area contributed by atoms with Crippen molar-refractivity contribution in [1.82, 2.24) is 30.8 Å². The maximum atomic E-state index is 13.5. The number of hydrogen-bond acceptors (Lipinski definition) is 11. The minimum Gasteiger partial charge on any atom is -0.489 e. The van der Waals surface area contributed by atoms with Crippen LogP contribution in [0, 0.1) is 41.9 Å². The van der Waals surface area contributed by atoms with Gasteiger partial charge in [0.1, 0.15) is 29.4 Å². The zero-order valence-corrected chi connectivity index (χ0v) is 34.4. The number of ether oxygens (including phenoxy) is 1. The Hall–Kier alpha value is -5.55. The van der Waals surface area contributed by atoms with Gasteiger partial charge in [0.25, 0.3) is 11.8 Å². The zero-order chi connectivity index (χ0) is 41.4. The Balaban J connectivity index is 0.837. The second-order valence-corrected chi connectivity index (χ2v) is 17.6. The summed E-state index contributed by atoms with van der Waals surface area (Å²) < 4.78 is 6.54. The van der Waals surface area contributed by atoms with Crippen molar-refractivity contribution in [2.24, 2.45) is 16.7 Å². The van der Waals surface area contributed by atoms with Crippen LogP contribution in [0.15, 0.2) is 48.8 Å². The molecule has 7 rings (SSSR count). The predicted molar refractivity (Wildman–Crippen MR) is 220 cm³/mol. The fourth-order valence-electron chi connectivity index (χ4n) is 9.71. The maximum absolute atomic E-state index is 13.5. The average molecular weight is 790 g/mol. The van der Waals surface area contributed by atoms with E-state index in [-0.39, 0.29) is 53.3 Å². The van der Waals surface area contributed by atoms with Crippen molar-refractivity contribution in [3.8, 4) is 11.8 Å². The molecule has 3 aromatic rings. The summed E-state index contributed by atoms with van der Waals surface area (Å²) in [7, 11) is 0. The molecule has 1 atom stereocenters. The summed E-state index contributed by atoms with van der Waals surface area (Å²) in [4.78, 5) is 65.4. The smallest absolute Gasteiger partial charge is 0.272 e. The van der Waals surface area contributed by atoms with Crippen LogP contribution < -0.4 is 30.5 Å². The largest absolute Gasteiger partial charge is 0.489 e. The summed E-state index contributed by atoms with van der Waals surface area (Å²) in [6.45, 7) is 18.9. The van der Waals surface area contributed by atoms with Gasteiger partial charge in [-0.1, -0.05) is 27.7 Å². The highest BCUT2D eigenvalue weighted by atomic mass is 16.5. The van der Waals surface area contributed by atoms with Gasteiger partial charge in [-0.15, -0.1) is 0 Å². The predicted octanol–water partition coefficient (Wildman–Crippen LogP) is 4.15. The van der Waals surface area contributed by atoms with E-state index in [0.717, 1.165) is 81.2 Å². The van der Waals surface area contributed by atoms with Gasteiger partial charge >= 0.3 is 0 Å². The van der Waals surface area contributed by atoms with Gasteiger partial charge in [-0.2, -0.15) is 5.26 Å². The van der Waals surface area contributed by atoms with Crippen LogP contribution in [0.1, 0.15) is 90.9 Å². The summed E-state index contributed by atoms with van der Waals surface area (Å²) in [6.07, 6.45) is 5.58. The number of carbonyl (C=O) groups excluding carboxylic acids is 4. The quantitative estimate of drug-likeness (QED) is 0.252. The van der Waals surface area contributed by atoms with Crippen molar-refractivity contribution in [1.29, 1.82) is 5.26 Å². The number of nitriles is 1. The molecule has 3 saturated heterocycles. The molecule has 3 aliphatic heterocycles. The molecule has 4 fully saturated rings. The second kappa shape index (κ2) is 16.4. The lowest BCUT2D eigenvalue weighted by Gasteiger charge is -2.63. The van der Waals surface area contributed by atoms with Crippen LogP contribution in [0.3, 0.4) is 0 Å². The number of piperazine rings is 1. The number of carbonyl (C=O) groups is 4. The summed E-state index contributed by atoms with van der Waals surface area (Å²) in [5, 5.41) is 17.7. The number of rotatable bonds is 10. The van der Waals surface area contributed by atoms with Gasteiger partial charge in [-0.3, -0.25) is 29.4 Å². The molecule has 4 amide bonds. The van der Waals surface area contributed by atoms with Crippen LogP contribution in [-0.4, -0.2) is 102 Å². The van der Waals surface area contributed by atoms with Crippen LogP contribution in [0.5, 0.6) is 5.75 Å². The Morgan fingerprint density at radius 1 is 0.862 bits per heavy atom. The van der Waals surface area contributed by atoms with E-state index < -0.39 is 17.9 Å². The Morgan fingerprint density at radius 3 is 2.10 bits per heavy atom. The number of imide groups is 1. The SMILES string of the molecule is Cc1cc(O[C@H]2C(C)(C)[C@H](NC(=O)c3ccc(N4CCC(CN5CCN(c6cnc(C(=O)N[C@H]7CCC(=O)NC7=O)cn6)CC5)CC4)cc3)C2(C)C)cc(C)c1C#N. The van der Waals surface area contributed by atoms with E-state index in [9.17, 15) is 24.4 Å². The first-order chi connectivity index (χ1) is 27.6. The molecule has 0 unspecified atom stereocenters. The van der Waals surface area contributed by atoms with Gasteiger partial charge in [0.05, 0.1) is 24.0 Å². The topological polar surface area (TPSA) is 173 Å². The third-order valence-electron chi connectivity index (χ3n) is 12.7. The number of piperidine rings is 2. The third kappa shape index (κ3) is 8.36. The lowest BCUT2D eigenvalue weighted by atomic mass is 9.49. The summed E-state index contributed by atoms with van der Waals surface area (Å²) in [5.74, 6) is 0.669. The van der Waals surface area contributed by atoms with Gasteiger partial charge in [0.2, 0.25) is 11.8 Å². The molecular formula is C44H55N9O5. The molecule has 58 heavy (non-hydrogen) atoms. The van der Waals surface area contributed by atoms with Crippen molar-refractivity contribution in [2.45, 2.75) is 85.4 Å². The van der Waals surface area contributed by atoms with Crippen LogP contribution >= 0.6 is 0 Å². The standard InChI is InChI=1S/C44H55N9O5/c1-27-21-32(22-28(2)33(27)23-45)58-42-43(3,4)41(44(42,5)6)50-38(55)30-7-9-31(10-8-30)52-15-13-29(14-16-52)26-51-17-19-53(20-18-51)36-25-46-35(24-47-36)40(57)48-34-11-12-37(54)49-39(34)56/h7-10,21-22,24-25,29,34,41-42H,11-20,26H2,1-6H3,(H,48,57)(H,50,55)(H,49,54,56)/t34-,41-,42-/m0/s1. The highest BCUT2D eigenvalue weighted by Gasteiger charge is 2.64. The highest BCUT2D eigenvalue weighted by Crippen LogP contribution is 2.55. The van der Waals surface area contributed by atoms with E-state index in [2.05, 4.69) is 86.5 Å². The Morgan fingerprint density at radius 2 is 1.52 bits per heavy atom. The van der Waals surface area contributed by atoms with Crippen LogP contribution in [0.4, 0.5) is 11.5 Å². The molecule has 3 N–H and O–H groups in total. The summed E-state index contributed by atoms with van der Waals surface area (Å²) in [6, 6.07) is 13.3. The number of anilines is 2. The molecule has 1 aromatic heterocycles. The lowest BCUT2D eigenvalue weighted by Crippen LogP contribution is -2.74. The first kappa shape index (κ1) is 40.6. The molecule has 1 saturated carbocycles. The van der Waals surface area contributed by atoms with Crippen molar-refractivity contribution in [3.05, 3.63) is 76.7 Å². The molecule has 306 valence electrons. The van der Waals surface area contributed by atoms with Crippen molar-refractivity contribution >= 4 is 35.1 Å². The molecule has 0 bridgehead atoms. The first-order valence-corrected chi connectivity index (χ1v) is 20.4. The van der Waals surface area contributed by atoms with E-state index >= 15 is 0 Å². The van der Waals surface area contributed by atoms with E-state index in [1.807, 2.05) is 38.1 Å². The van der Waals surface area contributed by atoms with Crippen molar-refractivity contribution in [2.75, 3.05) is 55.6 Å². The number of aromatic nitrogens is 2. The number of nitrogens with zero attached hydrogens (tertiary/aromatic N) is 6. The summed E-state index contributed by atoms with van der Waals surface area (Å²) in [5.41, 5.74) is 3.77. The average Bonchev–Trinajstić information content (AvgIpc) is 3.20. The number of hydrogen-bond donors (Lipinski definition) is 3. The van der Waals surface area contributed by atoms with Gasteiger partial charge in [-0.25, -0.2) is 9.97 Å². The van der Waals surface area contributed by atoms with E-state index in [1.54, 1.807) is 6.20 Å². The zero-order valence-electron chi connectivity index (χ0n) is 34.4. The molecular weight excluding hydrogens is 735 g/mol.